The summed E-state index contributed by atoms with van der Waals surface area (Å²) in [7, 11) is 0. The van der Waals surface area contributed by atoms with E-state index in [1.165, 1.54) is 17.4 Å². The summed E-state index contributed by atoms with van der Waals surface area (Å²) in [5.41, 5.74) is 1.71. The quantitative estimate of drug-likeness (QED) is 0.783. The van der Waals surface area contributed by atoms with E-state index in [-0.39, 0.29) is 0 Å². The summed E-state index contributed by atoms with van der Waals surface area (Å²) in [4.78, 5) is 0. The zero-order chi connectivity index (χ0) is 14.6. The van der Waals surface area contributed by atoms with Crippen LogP contribution < -0.4 is 5.32 Å². The monoisotopic (exact) mass is 289 g/mol. The first kappa shape index (κ1) is 15.3. The topological polar surface area (TPSA) is 12.0 Å². The fourth-order valence-corrected chi connectivity index (χ4v) is 2.80. The van der Waals surface area contributed by atoms with Crippen LogP contribution in [0.25, 0.3) is 10.8 Å². The van der Waals surface area contributed by atoms with Gasteiger partial charge in [-0.05, 0) is 41.8 Å². The number of benzene rings is 2. The van der Waals surface area contributed by atoms with Crippen LogP contribution >= 0.6 is 11.6 Å². The Labute approximate surface area is 127 Å². The standard InChI is InChI=1S/C18H24ClN/c1-4-20-13-18(2,3)12-11-14-9-10-17(19)16-8-6-5-7-15(14)16/h5-10,20H,4,11-13H2,1-3H3. The lowest BCUT2D eigenvalue weighted by molar-refractivity contribution is 0.318. The van der Waals surface area contributed by atoms with Crippen molar-refractivity contribution in [2.24, 2.45) is 5.41 Å². The lowest BCUT2D eigenvalue weighted by Crippen LogP contribution is -2.29. The van der Waals surface area contributed by atoms with Crippen molar-refractivity contribution in [3.8, 4) is 0 Å². The first-order valence-corrected chi connectivity index (χ1v) is 7.78. The summed E-state index contributed by atoms with van der Waals surface area (Å²) < 4.78 is 0. The summed E-state index contributed by atoms with van der Waals surface area (Å²) in [6, 6.07) is 12.6. The van der Waals surface area contributed by atoms with Crippen LogP contribution in [0.3, 0.4) is 0 Å². The van der Waals surface area contributed by atoms with E-state index in [0.717, 1.165) is 29.9 Å². The summed E-state index contributed by atoms with van der Waals surface area (Å²) >= 11 is 6.28. The molecule has 20 heavy (non-hydrogen) atoms. The van der Waals surface area contributed by atoms with Crippen LogP contribution in [0.1, 0.15) is 32.8 Å². The second kappa shape index (κ2) is 6.60. The summed E-state index contributed by atoms with van der Waals surface area (Å²) in [6.45, 7) is 8.91. The number of halogens is 1. The van der Waals surface area contributed by atoms with Gasteiger partial charge in [0, 0.05) is 17.0 Å². The molecule has 0 fully saturated rings. The van der Waals surface area contributed by atoms with Gasteiger partial charge >= 0.3 is 0 Å². The Bertz CT molecular complexity index is 575. The number of hydrogen-bond acceptors (Lipinski definition) is 1. The summed E-state index contributed by atoms with van der Waals surface area (Å²) in [5.74, 6) is 0. The van der Waals surface area contributed by atoms with Crippen LogP contribution in [-0.2, 0) is 6.42 Å². The first-order chi connectivity index (χ1) is 9.53. The second-order valence-electron chi connectivity index (χ2n) is 6.20. The maximum absolute atomic E-state index is 6.28. The molecule has 108 valence electrons. The number of rotatable bonds is 6. The normalized spacial score (nSPS) is 12.0. The van der Waals surface area contributed by atoms with Crippen molar-refractivity contribution in [1.29, 1.82) is 0 Å². The van der Waals surface area contributed by atoms with Gasteiger partial charge in [0.25, 0.3) is 0 Å². The molecule has 0 aliphatic carbocycles. The maximum Gasteiger partial charge on any atom is 0.0484 e. The van der Waals surface area contributed by atoms with Gasteiger partial charge in [-0.25, -0.2) is 0 Å². The molecule has 0 bridgehead atoms. The molecule has 1 N–H and O–H groups in total. The van der Waals surface area contributed by atoms with E-state index >= 15 is 0 Å². The van der Waals surface area contributed by atoms with E-state index in [2.05, 4.69) is 50.4 Å². The highest BCUT2D eigenvalue weighted by atomic mass is 35.5. The fraction of sp³-hybridized carbons (Fsp3) is 0.444. The molecule has 0 aliphatic heterocycles. The average molecular weight is 290 g/mol. The zero-order valence-electron chi connectivity index (χ0n) is 12.7. The minimum Gasteiger partial charge on any atom is -0.316 e. The molecule has 0 unspecified atom stereocenters. The van der Waals surface area contributed by atoms with Crippen LogP contribution in [0.4, 0.5) is 0 Å². The van der Waals surface area contributed by atoms with Gasteiger partial charge in [-0.15, -0.1) is 0 Å². The molecule has 0 saturated carbocycles. The molecule has 2 heteroatoms. The van der Waals surface area contributed by atoms with E-state index in [4.69, 9.17) is 11.6 Å². The Morgan fingerprint density at radius 3 is 2.45 bits per heavy atom. The highest BCUT2D eigenvalue weighted by Gasteiger charge is 2.17. The molecule has 2 aromatic rings. The lowest BCUT2D eigenvalue weighted by Gasteiger charge is -2.25. The Morgan fingerprint density at radius 1 is 1.05 bits per heavy atom. The van der Waals surface area contributed by atoms with Crippen LogP contribution in [-0.4, -0.2) is 13.1 Å². The van der Waals surface area contributed by atoms with Crippen LogP contribution in [0.15, 0.2) is 36.4 Å². The molecule has 0 aliphatic rings. The second-order valence-corrected chi connectivity index (χ2v) is 6.60. The predicted molar refractivity (Wildman–Crippen MR) is 89.6 cm³/mol. The zero-order valence-corrected chi connectivity index (χ0v) is 13.4. The SMILES string of the molecule is CCNCC(C)(C)CCc1ccc(Cl)c2ccccc12. The van der Waals surface area contributed by atoms with Crippen LogP contribution in [0, 0.1) is 5.41 Å². The van der Waals surface area contributed by atoms with Crippen molar-refractivity contribution < 1.29 is 0 Å². The number of hydrogen-bond donors (Lipinski definition) is 1. The molecule has 2 rings (SSSR count). The van der Waals surface area contributed by atoms with Crippen molar-refractivity contribution in [3.05, 3.63) is 47.0 Å². The molecule has 1 nitrogen and oxygen atoms in total. The van der Waals surface area contributed by atoms with Gasteiger partial charge in [0.15, 0.2) is 0 Å². The minimum absolute atomic E-state index is 0.316. The largest absolute Gasteiger partial charge is 0.316 e. The van der Waals surface area contributed by atoms with Gasteiger partial charge in [0.2, 0.25) is 0 Å². The maximum atomic E-state index is 6.28. The van der Waals surface area contributed by atoms with Gasteiger partial charge in [-0.3, -0.25) is 0 Å². The first-order valence-electron chi connectivity index (χ1n) is 7.40. The molecule has 0 radical (unpaired) electrons. The van der Waals surface area contributed by atoms with E-state index in [1.807, 2.05) is 12.1 Å². The summed E-state index contributed by atoms with van der Waals surface area (Å²) in [5, 5.41) is 6.75. The molecule has 0 amide bonds. The van der Waals surface area contributed by atoms with E-state index in [0.29, 0.717) is 5.41 Å². The molecule has 0 saturated heterocycles. The minimum atomic E-state index is 0.316. The van der Waals surface area contributed by atoms with Crippen LogP contribution in [0.5, 0.6) is 0 Å². The van der Waals surface area contributed by atoms with Crippen molar-refractivity contribution in [2.75, 3.05) is 13.1 Å². The number of fused-ring (bicyclic) bond motifs is 1. The Balaban J connectivity index is 2.16. The van der Waals surface area contributed by atoms with Crippen LogP contribution in [0.2, 0.25) is 5.02 Å². The molecule has 0 aromatic heterocycles. The summed E-state index contributed by atoms with van der Waals surface area (Å²) in [6.07, 6.45) is 2.27. The average Bonchev–Trinajstić information content (AvgIpc) is 2.45. The predicted octanol–water partition coefficient (Wildman–Crippen LogP) is 5.06. The van der Waals surface area contributed by atoms with E-state index in [1.54, 1.807) is 0 Å². The van der Waals surface area contributed by atoms with Crippen molar-refractivity contribution in [2.45, 2.75) is 33.6 Å². The Kier molecular flexibility index (Phi) is 5.06. The van der Waals surface area contributed by atoms with Gasteiger partial charge in [-0.2, -0.15) is 0 Å². The third kappa shape index (κ3) is 3.74. The van der Waals surface area contributed by atoms with E-state index < -0.39 is 0 Å². The highest BCUT2D eigenvalue weighted by molar-refractivity contribution is 6.35. The molecular weight excluding hydrogens is 266 g/mol. The van der Waals surface area contributed by atoms with Gasteiger partial charge in [0.05, 0.1) is 0 Å². The van der Waals surface area contributed by atoms with Crippen molar-refractivity contribution >= 4 is 22.4 Å². The third-order valence-corrected chi connectivity index (χ3v) is 4.22. The Hall–Kier alpha value is -1.05. The van der Waals surface area contributed by atoms with Crippen molar-refractivity contribution in [3.63, 3.8) is 0 Å². The van der Waals surface area contributed by atoms with E-state index in [9.17, 15) is 0 Å². The smallest absolute Gasteiger partial charge is 0.0484 e. The Morgan fingerprint density at radius 2 is 1.75 bits per heavy atom. The molecule has 2 aromatic carbocycles. The third-order valence-electron chi connectivity index (χ3n) is 3.89. The molecule has 0 spiro atoms. The fourth-order valence-electron chi connectivity index (χ4n) is 2.57. The molecular formula is C18H24ClN. The molecule has 0 heterocycles. The van der Waals surface area contributed by atoms with Gasteiger partial charge in [-0.1, -0.05) is 62.7 Å². The lowest BCUT2D eigenvalue weighted by atomic mass is 9.85. The highest BCUT2D eigenvalue weighted by Crippen LogP contribution is 2.29. The molecule has 0 atom stereocenters. The number of nitrogens with one attached hydrogen (secondary N) is 1. The van der Waals surface area contributed by atoms with Gasteiger partial charge < -0.3 is 5.32 Å². The number of aryl methyl sites for hydroxylation is 1. The van der Waals surface area contributed by atoms with Crippen molar-refractivity contribution in [1.82, 2.24) is 5.32 Å². The van der Waals surface area contributed by atoms with Gasteiger partial charge in [0.1, 0.15) is 0 Å².